The van der Waals surface area contributed by atoms with Gasteiger partial charge in [-0.05, 0) is 37.8 Å². The number of rotatable bonds is 27. The van der Waals surface area contributed by atoms with Crippen LogP contribution in [0.1, 0.15) is 91.2 Å². The van der Waals surface area contributed by atoms with Crippen LogP contribution in [0.5, 0.6) is 0 Å². The molecule has 4 rings (SSSR count). The molecule has 70 heavy (non-hydrogen) atoms. The van der Waals surface area contributed by atoms with E-state index >= 15 is 0 Å². The van der Waals surface area contributed by atoms with Crippen LogP contribution in [0.4, 0.5) is 0 Å². The number of ether oxygens (including phenoxy) is 11. The number of esters is 5. The second-order valence-electron chi connectivity index (χ2n) is 16.8. The van der Waals surface area contributed by atoms with Gasteiger partial charge in [-0.1, -0.05) is 67.1 Å². The third kappa shape index (κ3) is 19.0. The molecule has 21 heteroatoms. The highest BCUT2D eigenvalue weighted by Gasteiger charge is 2.53. The highest BCUT2D eigenvalue weighted by Crippen LogP contribution is 2.33. The zero-order valence-electron chi connectivity index (χ0n) is 40.8. The molecule has 2 aliphatic heterocycles. The van der Waals surface area contributed by atoms with Crippen LogP contribution in [0.2, 0.25) is 0 Å². The van der Waals surface area contributed by atoms with Gasteiger partial charge in [-0.25, -0.2) is 0 Å². The zero-order chi connectivity index (χ0) is 51.2. The van der Waals surface area contributed by atoms with Gasteiger partial charge in [-0.2, -0.15) is 0 Å². The fraction of sp³-hybridized carbons (Fsp3) is 0.612. The summed E-state index contributed by atoms with van der Waals surface area (Å²) in [7, 11) is 1.32. The van der Waals surface area contributed by atoms with E-state index in [1.165, 1.54) is 21.0 Å². The Labute approximate surface area is 407 Å². The minimum Gasteiger partial charge on any atom is -0.469 e. The van der Waals surface area contributed by atoms with Gasteiger partial charge in [0, 0.05) is 53.6 Å². The van der Waals surface area contributed by atoms with Crippen molar-refractivity contribution in [2.75, 3.05) is 26.9 Å². The Morgan fingerprint density at radius 1 is 0.586 bits per heavy atom. The molecule has 0 aromatic heterocycles. The van der Waals surface area contributed by atoms with Crippen molar-refractivity contribution in [2.45, 2.75) is 167 Å². The van der Waals surface area contributed by atoms with Crippen LogP contribution >= 0.6 is 0 Å². The second-order valence-corrected chi connectivity index (χ2v) is 16.8. The van der Waals surface area contributed by atoms with Crippen molar-refractivity contribution in [3.8, 4) is 0 Å². The van der Waals surface area contributed by atoms with Gasteiger partial charge >= 0.3 is 29.8 Å². The van der Waals surface area contributed by atoms with E-state index in [0.717, 1.165) is 25.0 Å². The van der Waals surface area contributed by atoms with Crippen LogP contribution in [0.15, 0.2) is 60.7 Å². The van der Waals surface area contributed by atoms with E-state index in [2.05, 4.69) is 10.6 Å². The van der Waals surface area contributed by atoms with E-state index in [0.29, 0.717) is 19.3 Å². The topological polar surface area (TPSA) is 265 Å². The minimum atomic E-state index is -1.66. The number of aliphatic hydroxyl groups is 1. The summed E-state index contributed by atoms with van der Waals surface area (Å²) in [5.41, 5.74) is 1.49. The maximum absolute atomic E-state index is 14.0. The van der Waals surface area contributed by atoms with Gasteiger partial charge in [0.15, 0.2) is 24.8 Å². The summed E-state index contributed by atoms with van der Waals surface area (Å²) in [6.45, 7) is 7.59. The largest absolute Gasteiger partial charge is 0.469 e. The Morgan fingerprint density at radius 3 is 1.53 bits per heavy atom. The molecule has 0 saturated carbocycles. The van der Waals surface area contributed by atoms with Crippen LogP contribution in [0.3, 0.4) is 0 Å². The summed E-state index contributed by atoms with van der Waals surface area (Å²) in [5, 5.41) is 18.0. The third-order valence-electron chi connectivity index (χ3n) is 11.2. The molecule has 12 atom stereocenters. The molecule has 2 amide bonds. The lowest BCUT2D eigenvalue weighted by Gasteiger charge is -2.49. The first-order chi connectivity index (χ1) is 33.5. The molecular formula is C49H68N2O19. The monoisotopic (exact) mass is 988 g/mol. The van der Waals surface area contributed by atoms with Crippen molar-refractivity contribution in [3.63, 3.8) is 0 Å². The minimum absolute atomic E-state index is 0.00706. The summed E-state index contributed by atoms with van der Waals surface area (Å²) in [6, 6.07) is 16.1. The Balaban J connectivity index is 1.72. The summed E-state index contributed by atoms with van der Waals surface area (Å²) < 4.78 is 64.4. The van der Waals surface area contributed by atoms with E-state index in [-0.39, 0.29) is 58.3 Å². The van der Waals surface area contributed by atoms with E-state index in [4.69, 9.17) is 52.1 Å². The van der Waals surface area contributed by atoms with Crippen molar-refractivity contribution in [2.24, 2.45) is 0 Å². The average molecular weight is 989 g/mol. The standard InChI is InChI=1S/C49H68N2O19/c1-29-40(50-46(58)37(68-33(5)54)22-25-61-31(3)52)43(64-27-35-17-11-8-12-18-35)42(57)48(66-29)70-45-44(65-28-36-19-13-9-14-20-36)41(51-47(59)38(69-34(6)55)23-26-62-32(4)53)30(2)67-49(45)63-24-16-10-15-21-39(56)60-7/h8-9,11-14,17-20,29-30,37-38,40-45,48-49,57H,10,15-16,21-28H2,1-7H3,(H,50,58)(H,51,59)/t29-,30-,37-,38-,40-,41-,42+,43+,44+,45+,48-,49+/m1/s1. The first-order valence-corrected chi connectivity index (χ1v) is 23.3. The molecule has 3 N–H and O–H groups in total. The molecule has 2 aromatic carbocycles. The van der Waals surface area contributed by atoms with Gasteiger partial charge in [-0.3, -0.25) is 33.6 Å². The van der Waals surface area contributed by atoms with E-state index in [9.17, 15) is 38.7 Å². The average Bonchev–Trinajstić information content (AvgIpc) is 3.31. The van der Waals surface area contributed by atoms with Crippen LogP contribution in [-0.4, -0.2) is 147 Å². The number of aliphatic hydroxyl groups excluding tert-OH is 1. The first-order valence-electron chi connectivity index (χ1n) is 23.3. The smallest absolute Gasteiger partial charge is 0.305 e. The number of carbonyl (C=O) groups excluding carboxylic acids is 7. The molecule has 2 saturated heterocycles. The fourth-order valence-corrected chi connectivity index (χ4v) is 7.76. The van der Waals surface area contributed by atoms with E-state index < -0.39 is 109 Å². The second kappa shape index (κ2) is 29.6. The molecule has 0 bridgehead atoms. The normalized spacial score (nSPS) is 25.0. The zero-order valence-corrected chi connectivity index (χ0v) is 40.8. The molecule has 2 aliphatic rings. The highest BCUT2D eigenvalue weighted by molar-refractivity contribution is 5.84. The van der Waals surface area contributed by atoms with Gasteiger partial charge in [0.25, 0.3) is 11.8 Å². The van der Waals surface area contributed by atoms with Crippen molar-refractivity contribution >= 4 is 41.7 Å². The van der Waals surface area contributed by atoms with Gasteiger partial charge in [-0.15, -0.1) is 0 Å². The van der Waals surface area contributed by atoms with Crippen molar-refractivity contribution in [1.29, 1.82) is 0 Å². The Hall–Kier alpha value is -5.55. The summed E-state index contributed by atoms with van der Waals surface area (Å²) >= 11 is 0. The number of unbranched alkanes of at least 4 members (excludes halogenated alkanes) is 2. The Bertz CT molecular complexity index is 1970. The number of amides is 2. The number of hydrogen-bond donors (Lipinski definition) is 3. The van der Waals surface area contributed by atoms with Crippen LogP contribution < -0.4 is 10.6 Å². The highest BCUT2D eigenvalue weighted by atomic mass is 16.8. The quantitative estimate of drug-likeness (QED) is 0.0660. The van der Waals surface area contributed by atoms with Crippen molar-refractivity contribution < 1.29 is 90.8 Å². The number of hydrogen-bond acceptors (Lipinski definition) is 19. The van der Waals surface area contributed by atoms with Crippen LogP contribution in [-0.2, 0) is 98.9 Å². The number of benzene rings is 2. The lowest BCUT2D eigenvalue weighted by Crippen LogP contribution is -2.69. The van der Waals surface area contributed by atoms with Crippen LogP contribution in [0.25, 0.3) is 0 Å². The predicted octanol–water partition coefficient (Wildman–Crippen LogP) is 2.88. The van der Waals surface area contributed by atoms with Gasteiger partial charge in [0.1, 0.15) is 24.4 Å². The van der Waals surface area contributed by atoms with Gasteiger partial charge in [0.05, 0.1) is 57.8 Å². The maximum atomic E-state index is 14.0. The lowest BCUT2D eigenvalue weighted by molar-refractivity contribution is -0.352. The number of carbonyl (C=O) groups is 7. The molecule has 2 fully saturated rings. The molecule has 2 aromatic rings. The fourth-order valence-electron chi connectivity index (χ4n) is 7.76. The van der Waals surface area contributed by atoms with Gasteiger partial charge < -0.3 is 67.8 Å². The van der Waals surface area contributed by atoms with E-state index in [1.54, 1.807) is 13.8 Å². The van der Waals surface area contributed by atoms with E-state index in [1.807, 2.05) is 60.7 Å². The molecule has 0 spiro atoms. The molecule has 0 radical (unpaired) electrons. The molecule has 2 heterocycles. The van der Waals surface area contributed by atoms with Gasteiger partial charge in [0.2, 0.25) is 0 Å². The lowest BCUT2D eigenvalue weighted by atomic mass is 9.94. The summed E-state index contributed by atoms with van der Waals surface area (Å²) in [6.07, 6.45) is -11.2. The molecule has 388 valence electrons. The molecule has 0 unspecified atom stereocenters. The third-order valence-corrected chi connectivity index (χ3v) is 11.2. The first kappa shape index (κ1) is 57.0. The summed E-state index contributed by atoms with van der Waals surface area (Å²) in [4.78, 5) is 86.9. The Kier molecular flexibility index (Phi) is 24.1. The number of nitrogens with one attached hydrogen (secondary N) is 2. The molecular weight excluding hydrogens is 921 g/mol. The molecule has 0 aliphatic carbocycles. The predicted molar refractivity (Wildman–Crippen MR) is 243 cm³/mol. The SMILES string of the molecule is COC(=O)CCCCCO[C@H]1O[C@H](C)[C@@H](NC(=O)[C@@H](CCOC(C)=O)OC(C)=O)[C@H](OCc2ccccc2)[C@@H]1O[C@H]1O[C@H](C)[C@@H](NC(=O)[C@@H](CCOC(C)=O)OC(C)=O)[C@H](OCc2ccccc2)[C@@H]1O. The maximum Gasteiger partial charge on any atom is 0.305 e. The van der Waals surface area contributed by atoms with Crippen molar-refractivity contribution in [3.05, 3.63) is 71.8 Å². The van der Waals surface area contributed by atoms with Crippen molar-refractivity contribution in [1.82, 2.24) is 10.6 Å². The Morgan fingerprint density at radius 2 is 1.06 bits per heavy atom. The number of methoxy groups -OCH3 is 1. The van der Waals surface area contributed by atoms with Crippen LogP contribution in [0, 0.1) is 0 Å². The molecule has 21 nitrogen and oxygen atoms in total. The summed E-state index contributed by atoms with van der Waals surface area (Å²) in [5.74, 6) is -4.57.